The van der Waals surface area contributed by atoms with Gasteiger partial charge in [-0.1, -0.05) is 6.07 Å². The SMILES string of the molecule is Cc1cccc(CN(C)c2ncc(CNC3CC3)cn2)n1. The Morgan fingerprint density at radius 1 is 1.24 bits per heavy atom. The van der Waals surface area contributed by atoms with Crippen LogP contribution in [0, 0.1) is 6.92 Å². The molecule has 0 saturated heterocycles. The van der Waals surface area contributed by atoms with E-state index in [1.807, 2.05) is 49.5 Å². The van der Waals surface area contributed by atoms with Crippen molar-refractivity contribution in [1.82, 2.24) is 20.3 Å². The second kappa shape index (κ2) is 6.18. The van der Waals surface area contributed by atoms with Gasteiger partial charge < -0.3 is 10.2 Å². The van der Waals surface area contributed by atoms with Gasteiger partial charge in [0.15, 0.2) is 0 Å². The van der Waals surface area contributed by atoms with Gasteiger partial charge in [-0.3, -0.25) is 4.98 Å². The Kier molecular flexibility index (Phi) is 4.10. The first-order valence-electron chi connectivity index (χ1n) is 7.39. The first-order valence-corrected chi connectivity index (χ1v) is 7.39. The van der Waals surface area contributed by atoms with Gasteiger partial charge in [-0.25, -0.2) is 9.97 Å². The topological polar surface area (TPSA) is 53.9 Å². The van der Waals surface area contributed by atoms with Crippen LogP contribution in [0.5, 0.6) is 0 Å². The van der Waals surface area contributed by atoms with E-state index < -0.39 is 0 Å². The third kappa shape index (κ3) is 3.98. The number of anilines is 1. The number of aromatic nitrogens is 3. The van der Waals surface area contributed by atoms with Crippen molar-refractivity contribution in [2.75, 3.05) is 11.9 Å². The molecule has 3 rings (SSSR count). The molecule has 0 unspecified atom stereocenters. The molecule has 5 heteroatoms. The normalized spacial score (nSPS) is 14.2. The molecule has 5 nitrogen and oxygen atoms in total. The number of hydrogen-bond donors (Lipinski definition) is 1. The molecular formula is C16H21N5. The van der Waals surface area contributed by atoms with Gasteiger partial charge in [0.2, 0.25) is 5.95 Å². The van der Waals surface area contributed by atoms with Crippen LogP contribution in [0.3, 0.4) is 0 Å². The molecule has 2 aromatic heterocycles. The van der Waals surface area contributed by atoms with E-state index in [1.54, 1.807) is 0 Å². The Labute approximate surface area is 125 Å². The quantitative estimate of drug-likeness (QED) is 0.879. The highest BCUT2D eigenvalue weighted by molar-refractivity contribution is 5.30. The standard InChI is InChI=1S/C16H21N5/c1-12-4-3-5-15(20-12)11-21(2)16-18-9-13(10-19-16)8-17-14-6-7-14/h3-5,9-10,14,17H,6-8,11H2,1-2H3. The molecule has 1 N–H and O–H groups in total. The van der Waals surface area contributed by atoms with E-state index in [1.165, 1.54) is 12.8 Å². The minimum absolute atomic E-state index is 0.708. The van der Waals surface area contributed by atoms with Gasteiger partial charge in [-0.2, -0.15) is 0 Å². The maximum atomic E-state index is 4.50. The summed E-state index contributed by atoms with van der Waals surface area (Å²) in [6.07, 6.45) is 6.39. The van der Waals surface area contributed by atoms with Crippen LogP contribution >= 0.6 is 0 Å². The van der Waals surface area contributed by atoms with Crippen molar-refractivity contribution in [3.63, 3.8) is 0 Å². The van der Waals surface area contributed by atoms with Crippen molar-refractivity contribution < 1.29 is 0 Å². The summed E-state index contributed by atoms with van der Waals surface area (Å²) in [4.78, 5) is 15.4. The van der Waals surface area contributed by atoms with Gasteiger partial charge >= 0.3 is 0 Å². The van der Waals surface area contributed by atoms with Crippen LogP contribution in [0.2, 0.25) is 0 Å². The summed E-state index contributed by atoms with van der Waals surface area (Å²) in [5.74, 6) is 0.730. The average Bonchev–Trinajstić information content (AvgIpc) is 3.30. The zero-order chi connectivity index (χ0) is 14.7. The highest BCUT2D eigenvalue weighted by atomic mass is 15.2. The molecule has 0 radical (unpaired) electrons. The van der Waals surface area contributed by atoms with E-state index in [-0.39, 0.29) is 0 Å². The second-order valence-electron chi connectivity index (χ2n) is 5.67. The van der Waals surface area contributed by atoms with Crippen molar-refractivity contribution in [3.05, 3.63) is 47.5 Å². The molecule has 0 spiro atoms. The van der Waals surface area contributed by atoms with Gasteiger partial charge in [0.1, 0.15) is 0 Å². The fourth-order valence-electron chi connectivity index (χ4n) is 2.19. The first kappa shape index (κ1) is 13.9. The van der Waals surface area contributed by atoms with E-state index >= 15 is 0 Å². The van der Waals surface area contributed by atoms with Crippen molar-refractivity contribution in [1.29, 1.82) is 0 Å². The molecule has 0 atom stereocenters. The molecule has 0 aromatic carbocycles. The first-order chi connectivity index (χ1) is 10.2. The van der Waals surface area contributed by atoms with Crippen LogP contribution < -0.4 is 10.2 Å². The predicted molar refractivity (Wildman–Crippen MR) is 83.0 cm³/mol. The lowest BCUT2D eigenvalue weighted by Crippen LogP contribution is -2.20. The van der Waals surface area contributed by atoms with Crippen molar-refractivity contribution in [3.8, 4) is 0 Å². The third-order valence-corrected chi connectivity index (χ3v) is 3.55. The number of pyridine rings is 1. The van der Waals surface area contributed by atoms with E-state index in [0.29, 0.717) is 12.6 Å². The Balaban J connectivity index is 1.59. The van der Waals surface area contributed by atoms with Crippen LogP contribution in [0.1, 0.15) is 29.8 Å². The lowest BCUT2D eigenvalue weighted by atomic mass is 10.3. The van der Waals surface area contributed by atoms with Crippen molar-refractivity contribution in [2.24, 2.45) is 0 Å². The Morgan fingerprint density at radius 2 is 2.00 bits per heavy atom. The molecule has 21 heavy (non-hydrogen) atoms. The Hall–Kier alpha value is -2.01. The van der Waals surface area contributed by atoms with Crippen LogP contribution in [-0.4, -0.2) is 28.0 Å². The van der Waals surface area contributed by atoms with Crippen LogP contribution in [0.15, 0.2) is 30.6 Å². The second-order valence-corrected chi connectivity index (χ2v) is 5.67. The lowest BCUT2D eigenvalue weighted by Gasteiger charge is -2.16. The third-order valence-electron chi connectivity index (χ3n) is 3.55. The number of aryl methyl sites for hydroxylation is 1. The molecule has 1 saturated carbocycles. The van der Waals surface area contributed by atoms with E-state index in [0.717, 1.165) is 29.4 Å². The summed E-state index contributed by atoms with van der Waals surface area (Å²) in [6, 6.07) is 6.76. The fourth-order valence-corrected chi connectivity index (χ4v) is 2.19. The smallest absolute Gasteiger partial charge is 0.225 e. The zero-order valence-electron chi connectivity index (χ0n) is 12.6. The summed E-state index contributed by atoms with van der Waals surface area (Å²) in [7, 11) is 1.99. The minimum atomic E-state index is 0.708. The molecule has 1 fully saturated rings. The summed E-state index contributed by atoms with van der Waals surface area (Å²) in [5, 5.41) is 3.46. The Bertz CT molecular complexity index is 592. The highest BCUT2D eigenvalue weighted by Crippen LogP contribution is 2.19. The zero-order valence-corrected chi connectivity index (χ0v) is 12.6. The van der Waals surface area contributed by atoms with Crippen LogP contribution in [-0.2, 0) is 13.1 Å². The fraction of sp³-hybridized carbons (Fsp3) is 0.438. The van der Waals surface area contributed by atoms with Crippen LogP contribution in [0.4, 0.5) is 5.95 Å². The summed E-state index contributed by atoms with van der Waals surface area (Å²) < 4.78 is 0. The number of hydrogen-bond acceptors (Lipinski definition) is 5. The summed E-state index contributed by atoms with van der Waals surface area (Å²) in [6.45, 7) is 3.57. The van der Waals surface area contributed by atoms with Gasteiger partial charge in [-0.15, -0.1) is 0 Å². The maximum Gasteiger partial charge on any atom is 0.225 e. The number of nitrogens with one attached hydrogen (secondary N) is 1. The molecule has 0 bridgehead atoms. The van der Waals surface area contributed by atoms with Crippen molar-refractivity contribution >= 4 is 5.95 Å². The predicted octanol–water partition coefficient (Wildman–Crippen LogP) is 2.07. The van der Waals surface area contributed by atoms with Gasteiger partial charge in [-0.05, 0) is 31.9 Å². The molecular weight excluding hydrogens is 262 g/mol. The van der Waals surface area contributed by atoms with Gasteiger partial charge in [0.25, 0.3) is 0 Å². The summed E-state index contributed by atoms with van der Waals surface area (Å²) in [5.41, 5.74) is 3.19. The minimum Gasteiger partial charge on any atom is -0.338 e. The van der Waals surface area contributed by atoms with E-state index in [4.69, 9.17) is 0 Å². The van der Waals surface area contributed by atoms with E-state index in [9.17, 15) is 0 Å². The number of nitrogens with zero attached hydrogens (tertiary/aromatic N) is 4. The average molecular weight is 283 g/mol. The lowest BCUT2D eigenvalue weighted by molar-refractivity contribution is 0.682. The Morgan fingerprint density at radius 3 is 2.67 bits per heavy atom. The van der Waals surface area contributed by atoms with E-state index in [2.05, 4.69) is 20.3 Å². The molecule has 1 aliphatic carbocycles. The van der Waals surface area contributed by atoms with Crippen molar-refractivity contribution in [2.45, 2.75) is 38.9 Å². The van der Waals surface area contributed by atoms with Crippen LogP contribution in [0.25, 0.3) is 0 Å². The molecule has 0 amide bonds. The molecule has 110 valence electrons. The molecule has 2 heterocycles. The highest BCUT2D eigenvalue weighted by Gasteiger charge is 2.20. The monoisotopic (exact) mass is 283 g/mol. The molecule has 2 aromatic rings. The molecule has 0 aliphatic heterocycles. The maximum absolute atomic E-state index is 4.50. The number of rotatable bonds is 6. The largest absolute Gasteiger partial charge is 0.338 e. The van der Waals surface area contributed by atoms with Gasteiger partial charge in [0.05, 0.1) is 12.2 Å². The summed E-state index contributed by atoms with van der Waals surface area (Å²) >= 11 is 0. The molecule has 1 aliphatic rings. The van der Waals surface area contributed by atoms with Gasteiger partial charge in [0, 0.05) is 43.3 Å².